The summed E-state index contributed by atoms with van der Waals surface area (Å²) < 4.78 is 5.69. The number of hydrogen-bond donors (Lipinski definition) is 1. The van der Waals surface area contributed by atoms with Gasteiger partial charge in [0.25, 0.3) is 5.91 Å². The third kappa shape index (κ3) is 3.90. The highest BCUT2D eigenvalue weighted by molar-refractivity contribution is 9.10. The fraction of sp³-hybridized carbons (Fsp3) is 0.111. The smallest absolute Gasteiger partial charge is 0.266 e. The Kier molecular flexibility index (Phi) is 5.60. The Morgan fingerprint density at radius 3 is 2.65 bits per heavy atom. The van der Waals surface area contributed by atoms with Crippen molar-refractivity contribution in [3.63, 3.8) is 0 Å². The van der Waals surface area contributed by atoms with Gasteiger partial charge in [-0.15, -0.1) is 0 Å². The van der Waals surface area contributed by atoms with E-state index < -0.39 is 0 Å². The van der Waals surface area contributed by atoms with Gasteiger partial charge in [-0.1, -0.05) is 11.6 Å². The fourth-order valence-corrected chi connectivity index (χ4v) is 3.80. The summed E-state index contributed by atoms with van der Waals surface area (Å²) in [4.78, 5) is 18.9. The third-order valence-electron chi connectivity index (χ3n) is 3.64. The van der Waals surface area contributed by atoms with Crippen LogP contribution >= 0.6 is 39.3 Å². The van der Waals surface area contributed by atoms with E-state index in [4.69, 9.17) is 16.3 Å². The monoisotopic (exact) mass is 452 g/mol. The number of phenolic OH excluding ortho intramolecular Hbond substituents is 1. The van der Waals surface area contributed by atoms with E-state index in [2.05, 4.69) is 20.9 Å². The van der Waals surface area contributed by atoms with Crippen molar-refractivity contribution in [2.45, 2.75) is 0 Å². The number of thioether (sulfide) groups is 1. The number of aliphatic imine (C=N–C) groups is 1. The molecule has 1 aliphatic heterocycles. The van der Waals surface area contributed by atoms with Crippen LogP contribution in [0.5, 0.6) is 11.5 Å². The van der Waals surface area contributed by atoms with E-state index in [9.17, 15) is 9.90 Å². The SMILES string of the molecule is COc1cc(Br)c(O)c(C=C2SC(=Nc3ccc(Cl)cc3)N(C)C2=O)c1. The molecule has 26 heavy (non-hydrogen) atoms. The van der Waals surface area contributed by atoms with Crippen LogP contribution < -0.4 is 4.74 Å². The minimum absolute atomic E-state index is 0.0393. The van der Waals surface area contributed by atoms with Crippen molar-refractivity contribution in [1.29, 1.82) is 0 Å². The van der Waals surface area contributed by atoms with Gasteiger partial charge in [0.05, 0.1) is 22.2 Å². The number of likely N-dealkylation sites (N-methyl/N-ethyl adjacent to an activating group) is 1. The molecular weight excluding hydrogens is 440 g/mol. The molecule has 5 nitrogen and oxygen atoms in total. The summed E-state index contributed by atoms with van der Waals surface area (Å²) in [6, 6.07) is 10.4. The molecule has 1 saturated heterocycles. The van der Waals surface area contributed by atoms with Crippen molar-refractivity contribution in [2.75, 3.05) is 14.2 Å². The molecule has 0 atom stereocenters. The third-order valence-corrected chi connectivity index (χ3v) is 5.56. The van der Waals surface area contributed by atoms with Crippen LogP contribution in [-0.2, 0) is 4.79 Å². The van der Waals surface area contributed by atoms with Gasteiger partial charge in [-0.2, -0.15) is 0 Å². The molecule has 0 aliphatic carbocycles. The minimum atomic E-state index is -0.193. The lowest BCUT2D eigenvalue weighted by Gasteiger charge is -2.07. The molecule has 0 aromatic heterocycles. The van der Waals surface area contributed by atoms with Crippen molar-refractivity contribution in [3.05, 3.63) is 56.4 Å². The predicted octanol–water partition coefficient (Wildman–Crippen LogP) is 5.05. The first-order chi connectivity index (χ1) is 12.4. The number of methoxy groups -OCH3 is 1. The van der Waals surface area contributed by atoms with E-state index in [1.165, 1.54) is 23.8 Å². The molecule has 0 saturated carbocycles. The Morgan fingerprint density at radius 2 is 2.00 bits per heavy atom. The maximum Gasteiger partial charge on any atom is 0.266 e. The number of aromatic hydroxyl groups is 1. The van der Waals surface area contributed by atoms with Gasteiger partial charge in [0.15, 0.2) is 5.17 Å². The van der Waals surface area contributed by atoms with Gasteiger partial charge in [-0.3, -0.25) is 9.69 Å². The van der Waals surface area contributed by atoms with Gasteiger partial charge in [-0.05, 0) is 70.2 Å². The van der Waals surface area contributed by atoms with Crippen LogP contribution in [0.25, 0.3) is 6.08 Å². The first-order valence-electron chi connectivity index (χ1n) is 7.47. The van der Waals surface area contributed by atoms with E-state index in [0.29, 0.717) is 36.6 Å². The average molecular weight is 454 g/mol. The fourth-order valence-electron chi connectivity index (χ4n) is 2.24. The molecule has 2 aromatic rings. The molecule has 3 rings (SSSR count). The maximum absolute atomic E-state index is 12.5. The van der Waals surface area contributed by atoms with Crippen LogP contribution in [0.1, 0.15) is 5.56 Å². The number of benzene rings is 2. The van der Waals surface area contributed by atoms with E-state index in [-0.39, 0.29) is 11.7 Å². The number of carbonyl (C=O) groups excluding carboxylic acids is 1. The first-order valence-corrected chi connectivity index (χ1v) is 9.46. The Balaban J connectivity index is 1.95. The lowest BCUT2D eigenvalue weighted by atomic mass is 10.1. The second-order valence-electron chi connectivity index (χ2n) is 5.39. The number of amidine groups is 1. The number of ether oxygens (including phenoxy) is 1. The van der Waals surface area contributed by atoms with Crippen LogP contribution in [-0.4, -0.2) is 35.2 Å². The van der Waals surface area contributed by atoms with Crippen LogP contribution in [0.3, 0.4) is 0 Å². The topological polar surface area (TPSA) is 62.1 Å². The number of amides is 1. The minimum Gasteiger partial charge on any atom is -0.506 e. The van der Waals surface area contributed by atoms with Gasteiger partial charge in [0, 0.05) is 17.6 Å². The summed E-state index contributed by atoms with van der Waals surface area (Å²) in [7, 11) is 3.20. The molecule has 1 N–H and O–H groups in total. The number of hydrogen-bond acceptors (Lipinski definition) is 5. The first kappa shape index (κ1) is 18.8. The highest BCUT2D eigenvalue weighted by Gasteiger charge is 2.30. The summed E-state index contributed by atoms with van der Waals surface area (Å²) in [5.74, 6) is 0.416. The summed E-state index contributed by atoms with van der Waals surface area (Å²) in [6.45, 7) is 0. The normalized spacial score (nSPS) is 17.4. The number of rotatable bonds is 3. The van der Waals surface area contributed by atoms with Crippen molar-refractivity contribution in [2.24, 2.45) is 4.99 Å². The zero-order valence-corrected chi connectivity index (χ0v) is 17.0. The van der Waals surface area contributed by atoms with E-state index in [0.717, 1.165) is 0 Å². The summed E-state index contributed by atoms with van der Waals surface area (Å²) in [5.41, 5.74) is 1.18. The van der Waals surface area contributed by atoms with Crippen molar-refractivity contribution < 1.29 is 14.6 Å². The second kappa shape index (κ2) is 7.73. The molecule has 1 fully saturated rings. The van der Waals surface area contributed by atoms with Gasteiger partial charge in [-0.25, -0.2) is 4.99 Å². The van der Waals surface area contributed by atoms with Gasteiger partial charge in [0.2, 0.25) is 0 Å². The predicted molar refractivity (Wildman–Crippen MR) is 109 cm³/mol. The quantitative estimate of drug-likeness (QED) is 0.661. The molecular formula is C18H14BrClN2O3S. The van der Waals surface area contributed by atoms with Gasteiger partial charge >= 0.3 is 0 Å². The molecule has 134 valence electrons. The van der Waals surface area contributed by atoms with E-state index in [1.54, 1.807) is 49.5 Å². The average Bonchev–Trinajstić information content (AvgIpc) is 2.88. The van der Waals surface area contributed by atoms with Crippen LogP contribution in [0.4, 0.5) is 5.69 Å². The zero-order valence-electron chi connectivity index (χ0n) is 13.9. The Labute approximate surface area is 168 Å². The number of carbonyl (C=O) groups is 1. The van der Waals surface area contributed by atoms with Crippen molar-refractivity contribution >= 4 is 62.1 Å². The van der Waals surface area contributed by atoms with Crippen LogP contribution in [0.15, 0.2) is 50.8 Å². The molecule has 0 radical (unpaired) electrons. The van der Waals surface area contributed by atoms with Crippen LogP contribution in [0.2, 0.25) is 5.02 Å². The Bertz CT molecular complexity index is 929. The number of nitrogens with zero attached hydrogens (tertiary/aromatic N) is 2. The highest BCUT2D eigenvalue weighted by Crippen LogP contribution is 2.38. The molecule has 2 aromatic carbocycles. The Hall–Kier alpha value is -1.96. The van der Waals surface area contributed by atoms with Gasteiger partial charge < -0.3 is 9.84 Å². The summed E-state index contributed by atoms with van der Waals surface area (Å²) in [6.07, 6.45) is 1.62. The number of halogens is 2. The Morgan fingerprint density at radius 1 is 1.31 bits per heavy atom. The number of phenols is 1. The molecule has 1 aliphatic rings. The second-order valence-corrected chi connectivity index (χ2v) is 7.69. The summed E-state index contributed by atoms with van der Waals surface area (Å²) >= 11 is 10.4. The molecule has 0 spiro atoms. The highest BCUT2D eigenvalue weighted by atomic mass is 79.9. The maximum atomic E-state index is 12.5. The van der Waals surface area contributed by atoms with Crippen LogP contribution in [0, 0.1) is 0 Å². The van der Waals surface area contributed by atoms with Crippen molar-refractivity contribution in [1.82, 2.24) is 4.90 Å². The summed E-state index contributed by atoms with van der Waals surface area (Å²) in [5, 5.41) is 11.4. The van der Waals surface area contributed by atoms with E-state index >= 15 is 0 Å². The molecule has 8 heteroatoms. The standard InChI is InChI=1S/C18H14BrClN2O3S/c1-22-17(24)15(8-10-7-13(25-2)9-14(19)16(10)23)26-18(22)21-12-5-3-11(20)4-6-12/h3-9,23H,1-2H3. The lowest BCUT2D eigenvalue weighted by Crippen LogP contribution is -2.23. The van der Waals surface area contributed by atoms with E-state index in [1.807, 2.05) is 0 Å². The molecule has 0 unspecified atom stereocenters. The lowest BCUT2D eigenvalue weighted by molar-refractivity contribution is -0.121. The molecule has 1 heterocycles. The molecule has 0 bridgehead atoms. The molecule has 1 amide bonds. The van der Waals surface area contributed by atoms with Gasteiger partial charge in [0.1, 0.15) is 11.5 Å². The largest absolute Gasteiger partial charge is 0.506 e. The zero-order chi connectivity index (χ0) is 18.8. The van der Waals surface area contributed by atoms with Crippen molar-refractivity contribution in [3.8, 4) is 11.5 Å².